The minimum absolute atomic E-state index is 0.0469. The van der Waals surface area contributed by atoms with Crippen molar-refractivity contribution < 1.29 is 8.42 Å². The number of aromatic nitrogens is 1. The van der Waals surface area contributed by atoms with E-state index in [0.29, 0.717) is 23.8 Å². The van der Waals surface area contributed by atoms with Crippen molar-refractivity contribution in [3.8, 4) is 0 Å². The number of aryl methyl sites for hydroxylation is 1. The van der Waals surface area contributed by atoms with Gasteiger partial charge in [0.25, 0.3) is 0 Å². The molecule has 1 aromatic heterocycles. The van der Waals surface area contributed by atoms with Gasteiger partial charge in [0, 0.05) is 31.4 Å². The van der Waals surface area contributed by atoms with Gasteiger partial charge in [0.15, 0.2) is 0 Å². The van der Waals surface area contributed by atoms with Crippen molar-refractivity contribution in [1.29, 1.82) is 0 Å². The van der Waals surface area contributed by atoms with Gasteiger partial charge in [0.2, 0.25) is 10.0 Å². The first-order chi connectivity index (χ1) is 14.4. The number of sulfonamides is 1. The molecule has 1 atom stereocenters. The predicted octanol–water partition coefficient (Wildman–Crippen LogP) is 3.59. The molecule has 0 unspecified atom stereocenters. The third kappa shape index (κ3) is 4.04. The molecule has 0 saturated carbocycles. The Morgan fingerprint density at radius 1 is 1.17 bits per heavy atom. The summed E-state index contributed by atoms with van der Waals surface area (Å²) in [6, 6.07) is 13.8. The summed E-state index contributed by atoms with van der Waals surface area (Å²) >= 11 is 1.10. The first kappa shape index (κ1) is 21.1. The van der Waals surface area contributed by atoms with Crippen molar-refractivity contribution in [2.24, 2.45) is 0 Å². The first-order valence-corrected chi connectivity index (χ1v) is 12.7. The van der Waals surface area contributed by atoms with Crippen LogP contribution in [0.3, 0.4) is 0 Å². The largest absolute Gasteiger partial charge is 0.368 e. The molecule has 0 fully saturated rings. The minimum atomic E-state index is -3.61. The number of anilines is 1. The lowest BCUT2D eigenvalue weighted by atomic mass is 10.1. The Morgan fingerprint density at radius 2 is 1.97 bits per heavy atom. The van der Waals surface area contributed by atoms with Crippen molar-refractivity contribution in [2.75, 3.05) is 18.0 Å². The zero-order valence-electron chi connectivity index (χ0n) is 17.3. The summed E-state index contributed by atoms with van der Waals surface area (Å²) in [5.74, 6) is 0. The Hall–Kier alpha value is -2.16. The molecule has 0 amide bonds. The lowest BCUT2D eigenvalue weighted by molar-refractivity contribution is 0.575. The molecule has 1 aliphatic heterocycles. The Balaban J connectivity index is 1.41. The highest BCUT2D eigenvalue weighted by Gasteiger charge is 2.25. The van der Waals surface area contributed by atoms with Crippen LogP contribution < -0.4 is 14.5 Å². The van der Waals surface area contributed by atoms with Crippen molar-refractivity contribution in [3.63, 3.8) is 0 Å². The summed E-state index contributed by atoms with van der Waals surface area (Å²) in [6.45, 7) is 6.04. The molecule has 4 rings (SSSR count). The third-order valence-electron chi connectivity index (χ3n) is 5.61. The van der Waals surface area contributed by atoms with E-state index in [1.807, 2.05) is 13.0 Å². The van der Waals surface area contributed by atoms with E-state index in [1.54, 1.807) is 22.8 Å². The van der Waals surface area contributed by atoms with Crippen molar-refractivity contribution in [3.05, 3.63) is 57.7 Å². The van der Waals surface area contributed by atoms with Gasteiger partial charge in [-0.15, -0.1) is 0 Å². The highest BCUT2D eigenvalue weighted by atomic mass is 32.2. The monoisotopic (exact) mass is 445 g/mol. The van der Waals surface area contributed by atoms with Gasteiger partial charge < -0.3 is 4.90 Å². The van der Waals surface area contributed by atoms with Crippen LogP contribution in [0.1, 0.15) is 32.3 Å². The fraction of sp³-hybridized carbons (Fsp3) is 0.409. The predicted molar refractivity (Wildman–Crippen MR) is 123 cm³/mol. The van der Waals surface area contributed by atoms with Crippen LogP contribution in [0.15, 0.2) is 52.2 Å². The van der Waals surface area contributed by atoms with Gasteiger partial charge in [-0.3, -0.25) is 9.36 Å². The normalized spacial score (nSPS) is 16.3. The van der Waals surface area contributed by atoms with Gasteiger partial charge in [0.05, 0.1) is 15.1 Å². The lowest BCUT2D eigenvalue weighted by Gasteiger charge is -2.24. The molecule has 1 N–H and O–H groups in total. The lowest BCUT2D eigenvalue weighted by Crippen LogP contribution is -2.33. The van der Waals surface area contributed by atoms with E-state index in [9.17, 15) is 13.2 Å². The zero-order valence-corrected chi connectivity index (χ0v) is 18.9. The van der Waals surface area contributed by atoms with Gasteiger partial charge in [-0.05, 0) is 56.0 Å². The van der Waals surface area contributed by atoms with Gasteiger partial charge in [-0.25, -0.2) is 13.1 Å². The molecule has 0 aliphatic carbocycles. The van der Waals surface area contributed by atoms with Crippen LogP contribution in [0.2, 0.25) is 0 Å². The quantitative estimate of drug-likeness (QED) is 0.538. The van der Waals surface area contributed by atoms with E-state index >= 15 is 0 Å². The number of benzene rings is 2. The topological polar surface area (TPSA) is 71.4 Å². The van der Waals surface area contributed by atoms with Crippen LogP contribution in [0.25, 0.3) is 10.2 Å². The van der Waals surface area contributed by atoms with Gasteiger partial charge >= 0.3 is 4.87 Å². The maximum absolute atomic E-state index is 12.7. The summed E-state index contributed by atoms with van der Waals surface area (Å²) in [6.07, 6.45) is 2.61. The molecule has 8 heteroatoms. The average Bonchev–Trinajstić information content (AvgIpc) is 3.21. The van der Waals surface area contributed by atoms with Gasteiger partial charge in [0.1, 0.15) is 0 Å². The number of nitrogens with one attached hydrogen (secondary N) is 1. The number of fused-ring (bicyclic) bond motifs is 2. The minimum Gasteiger partial charge on any atom is -0.368 e. The van der Waals surface area contributed by atoms with E-state index in [0.717, 1.165) is 42.7 Å². The molecular formula is C22H27N3O3S2. The third-order valence-corrected chi connectivity index (χ3v) is 8.01. The maximum Gasteiger partial charge on any atom is 0.308 e. The molecule has 0 radical (unpaired) electrons. The average molecular weight is 446 g/mol. The van der Waals surface area contributed by atoms with Crippen LogP contribution in [-0.4, -0.2) is 32.1 Å². The maximum atomic E-state index is 12.7. The van der Waals surface area contributed by atoms with E-state index in [1.165, 1.54) is 11.3 Å². The van der Waals surface area contributed by atoms with Crippen LogP contribution in [-0.2, 0) is 23.0 Å². The Labute approximate surface area is 181 Å². The van der Waals surface area contributed by atoms with E-state index in [2.05, 4.69) is 34.7 Å². The van der Waals surface area contributed by atoms with Crippen molar-refractivity contribution in [2.45, 2.75) is 50.6 Å². The molecular weight excluding hydrogens is 418 g/mol. The summed E-state index contributed by atoms with van der Waals surface area (Å²) in [5.41, 5.74) is 3.41. The molecule has 160 valence electrons. The zero-order chi connectivity index (χ0) is 21.3. The fourth-order valence-corrected chi connectivity index (χ4v) is 6.29. The number of hydrogen-bond acceptors (Lipinski definition) is 5. The van der Waals surface area contributed by atoms with Gasteiger partial charge in [-0.1, -0.05) is 36.5 Å². The van der Waals surface area contributed by atoms with E-state index < -0.39 is 10.0 Å². The number of hydrogen-bond donors (Lipinski definition) is 1. The Kier molecular flexibility index (Phi) is 5.99. The summed E-state index contributed by atoms with van der Waals surface area (Å²) in [5, 5.41) is 0. The Morgan fingerprint density at radius 3 is 2.77 bits per heavy atom. The molecule has 2 aromatic carbocycles. The Bertz CT molecular complexity index is 1210. The molecule has 2 heterocycles. The molecule has 0 bridgehead atoms. The highest BCUT2D eigenvalue weighted by Crippen LogP contribution is 2.31. The van der Waals surface area contributed by atoms with Crippen molar-refractivity contribution >= 4 is 37.3 Å². The second kappa shape index (κ2) is 8.53. The van der Waals surface area contributed by atoms with E-state index in [4.69, 9.17) is 0 Å². The van der Waals surface area contributed by atoms with Crippen LogP contribution in [0, 0.1) is 0 Å². The molecule has 6 nitrogen and oxygen atoms in total. The summed E-state index contributed by atoms with van der Waals surface area (Å²) in [7, 11) is -3.61. The van der Waals surface area contributed by atoms with Crippen LogP contribution >= 0.6 is 11.3 Å². The van der Waals surface area contributed by atoms with Crippen LogP contribution in [0.5, 0.6) is 0 Å². The first-order valence-electron chi connectivity index (χ1n) is 10.4. The fourth-order valence-electron chi connectivity index (χ4n) is 4.16. The smallest absolute Gasteiger partial charge is 0.308 e. The van der Waals surface area contributed by atoms with Crippen molar-refractivity contribution in [1.82, 2.24) is 9.29 Å². The molecule has 0 spiro atoms. The highest BCUT2D eigenvalue weighted by molar-refractivity contribution is 7.89. The second-order valence-electron chi connectivity index (χ2n) is 7.78. The van der Waals surface area contributed by atoms with Gasteiger partial charge in [-0.2, -0.15) is 0 Å². The van der Waals surface area contributed by atoms with E-state index in [-0.39, 0.29) is 9.77 Å². The second-order valence-corrected chi connectivity index (χ2v) is 10.5. The number of rotatable bonds is 8. The number of nitrogens with zero attached hydrogens (tertiary/aromatic N) is 2. The number of para-hydroxylation sites is 1. The summed E-state index contributed by atoms with van der Waals surface area (Å²) < 4.78 is 30.6. The molecule has 0 saturated heterocycles. The SMILES string of the molecule is CCCn1c(=O)sc2cc(S(=O)(=O)NCCCN3c4ccccc4C[C@H]3C)ccc21. The summed E-state index contributed by atoms with van der Waals surface area (Å²) in [4.78, 5) is 14.7. The standard InChI is InChI=1S/C22H27N3O3S2/c1-3-12-25-20-10-9-18(15-21(20)29-22(25)26)30(27,28)23-11-6-13-24-16(2)14-17-7-4-5-8-19(17)24/h4-5,7-10,15-16,23H,3,6,11-14H2,1-2H3/t16-/m1/s1. The molecule has 3 aromatic rings. The molecule has 30 heavy (non-hydrogen) atoms. The molecule has 1 aliphatic rings. The number of thiazole rings is 1. The van der Waals surface area contributed by atoms with Crippen LogP contribution in [0.4, 0.5) is 5.69 Å².